The first kappa shape index (κ1) is 17.9. The number of carbonyl (C=O) groups excluding carboxylic acids is 1. The number of piperidine rings is 1. The van der Waals surface area contributed by atoms with Crippen molar-refractivity contribution in [1.29, 1.82) is 0 Å². The second-order valence-electron chi connectivity index (χ2n) is 5.71. The van der Waals surface area contributed by atoms with Gasteiger partial charge in [0.15, 0.2) is 0 Å². The lowest BCUT2D eigenvalue weighted by atomic mass is 9.97. The van der Waals surface area contributed by atoms with Crippen LogP contribution in [-0.2, 0) is 21.2 Å². The lowest BCUT2D eigenvalue weighted by molar-refractivity contribution is -0.126. The maximum Gasteiger partial charge on any atom is 0.223 e. The molecule has 0 aliphatic carbocycles. The average Bonchev–Trinajstić information content (AvgIpc) is 2.56. The summed E-state index contributed by atoms with van der Waals surface area (Å²) in [6.07, 6.45) is 1.51. The van der Waals surface area contributed by atoms with E-state index in [9.17, 15) is 17.6 Å². The van der Waals surface area contributed by atoms with E-state index < -0.39 is 10.0 Å². The third-order valence-electron chi connectivity index (χ3n) is 4.23. The molecule has 1 saturated heterocycles. The van der Waals surface area contributed by atoms with Crippen LogP contribution in [0.4, 0.5) is 4.39 Å². The summed E-state index contributed by atoms with van der Waals surface area (Å²) < 4.78 is 38.5. The van der Waals surface area contributed by atoms with Crippen LogP contribution in [0.15, 0.2) is 24.3 Å². The molecule has 0 aromatic heterocycles. The van der Waals surface area contributed by atoms with Crippen LogP contribution in [0.3, 0.4) is 0 Å². The molecule has 5 nitrogen and oxygen atoms in total. The van der Waals surface area contributed by atoms with Gasteiger partial charge in [-0.25, -0.2) is 17.1 Å². The lowest BCUT2D eigenvalue weighted by Gasteiger charge is -2.30. The summed E-state index contributed by atoms with van der Waals surface area (Å²) in [5.41, 5.74) is 0.580. The van der Waals surface area contributed by atoms with E-state index in [1.807, 2.05) is 0 Å². The number of nitrogens with zero attached hydrogens (tertiary/aromatic N) is 1. The van der Waals surface area contributed by atoms with Gasteiger partial charge in [0, 0.05) is 25.6 Å². The number of hydrogen-bond acceptors (Lipinski definition) is 3. The Labute approximate surface area is 136 Å². The molecular formula is C16H23FN2O3S. The Morgan fingerprint density at radius 3 is 2.57 bits per heavy atom. The number of sulfonamides is 1. The van der Waals surface area contributed by atoms with Crippen LogP contribution in [0.25, 0.3) is 0 Å². The zero-order chi connectivity index (χ0) is 16.9. The predicted octanol–water partition coefficient (Wildman–Crippen LogP) is 1.55. The van der Waals surface area contributed by atoms with E-state index in [-0.39, 0.29) is 23.4 Å². The highest BCUT2D eigenvalue weighted by molar-refractivity contribution is 7.89. The van der Waals surface area contributed by atoms with Crippen molar-refractivity contribution >= 4 is 15.9 Å². The Morgan fingerprint density at radius 2 is 1.96 bits per heavy atom. The fourth-order valence-electron chi connectivity index (χ4n) is 2.74. The minimum absolute atomic E-state index is 0.0742. The monoisotopic (exact) mass is 342 g/mol. The quantitative estimate of drug-likeness (QED) is 0.853. The summed E-state index contributed by atoms with van der Waals surface area (Å²) in [5, 5.41) is 2.82. The first-order chi connectivity index (χ1) is 10.9. The maximum absolute atomic E-state index is 13.5. The number of hydrogen-bond donors (Lipinski definition) is 1. The Balaban J connectivity index is 1.76. The highest BCUT2D eigenvalue weighted by atomic mass is 32.2. The van der Waals surface area contributed by atoms with Gasteiger partial charge in [-0.05, 0) is 37.8 Å². The Bertz CT molecular complexity index is 640. The molecule has 0 saturated carbocycles. The van der Waals surface area contributed by atoms with Crippen LogP contribution >= 0.6 is 0 Å². The minimum atomic E-state index is -3.17. The molecular weight excluding hydrogens is 319 g/mol. The fraction of sp³-hybridized carbons (Fsp3) is 0.562. The molecule has 1 N–H and O–H groups in total. The van der Waals surface area contributed by atoms with Gasteiger partial charge in [-0.15, -0.1) is 0 Å². The van der Waals surface area contributed by atoms with Crippen molar-refractivity contribution in [1.82, 2.24) is 9.62 Å². The van der Waals surface area contributed by atoms with E-state index in [2.05, 4.69) is 5.32 Å². The number of halogens is 1. The number of benzene rings is 1. The van der Waals surface area contributed by atoms with E-state index in [0.717, 1.165) is 0 Å². The van der Waals surface area contributed by atoms with E-state index >= 15 is 0 Å². The number of rotatable bonds is 6. The molecule has 2 rings (SSSR count). The Kier molecular flexibility index (Phi) is 6.12. The summed E-state index contributed by atoms with van der Waals surface area (Å²) >= 11 is 0. The molecule has 1 aliphatic rings. The average molecular weight is 342 g/mol. The summed E-state index contributed by atoms with van der Waals surface area (Å²) in [6.45, 7) is 2.78. The van der Waals surface area contributed by atoms with Crippen LogP contribution in [0.2, 0.25) is 0 Å². The summed E-state index contributed by atoms with van der Waals surface area (Å²) in [6, 6.07) is 6.51. The van der Waals surface area contributed by atoms with Crippen LogP contribution in [-0.4, -0.2) is 44.0 Å². The third-order valence-corrected chi connectivity index (χ3v) is 6.12. The molecule has 1 heterocycles. The number of amides is 1. The summed E-state index contributed by atoms with van der Waals surface area (Å²) in [7, 11) is -3.17. The van der Waals surface area contributed by atoms with Crippen molar-refractivity contribution < 1.29 is 17.6 Å². The van der Waals surface area contributed by atoms with Gasteiger partial charge in [-0.3, -0.25) is 4.79 Å². The molecule has 0 radical (unpaired) electrons. The molecule has 1 aliphatic heterocycles. The van der Waals surface area contributed by atoms with Crippen molar-refractivity contribution in [2.24, 2.45) is 5.92 Å². The smallest absolute Gasteiger partial charge is 0.223 e. The molecule has 23 heavy (non-hydrogen) atoms. The molecule has 1 amide bonds. The molecule has 128 valence electrons. The van der Waals surface area contributed by atoms with Gasteiger partial charge >= 0.3 is 0 Å². The first-order valence-corrected chi connectivity index (χ1v) is 9.54. The van der Waals surface area contributed by atoms with E-state index in [1.165, 1.54) is 10.4 Å². The van der Waals surface area contributed by atoms with Gasteiger partial charge in [0.05, 0.1) is 5.75 Å². The zero-order valence-corrected chi connectivity index (χ0v) is 14.1. The number of carbonyl (C=O) groups is 1. The van der Waals surface area contributed by atoms with Gasteiger partial charge in [0.1, 0.15) is 5.82 Å². The highest BCUT2D eigenvalue weighted by Gasteiger charge is 2.29. The van der Waals surface area contributed by atoms with Crippen LogP contribution in [0.1, 0.15) is 25.3 Å². The van der Waals surface area contributed by atoms with Gasteiger partial charge in [-0.2, -0.15) is 0 Å². The van der Waals surface area contributed by atoms with Crippen LogP contribution in [0, 0.1) is 11.7 Å². The SMILES string of the molecule is CCS(=O)(=O)N1CCC(C(=O)NCCc2ccccc2F)CC1. The van der Waals surface area contributed by atoms with Gasteiger partial charge in [0.2, 0.25) is 15.9 Å². The van der Waals surface area contributed by atoms with Crippen molar-refractivity contribution in [3.05, 3.63) is 35.6 Å². The molecule has 0 spiro atoms. The summed E-state index contributed by atoms with van der Waals surface area (Å²) in [4.78, 5) is 12.1. The molecule has 7 heteroatoms. The molecule has 0 bridgehead atoms. The Morgan fingerprint density at radius 1 is 1.30 bits per heavy atom. The predicted molar refractivity (Wildman–Crippen MR) is 86.9 cm³/mol. The normalized spacial score (nSPS) is 17.1. The molecule has 1 fully saturated rings. The lowest BCUT2D eigenvalue weighted by Crippen LogP contribution is -2.43. The van der Waals surface area contributed by atoms with Crippen LogP contribution in [0.5, 0.6) is 0 Å². The maximum atomic E-state index is 13.5. The topological polar surface area (TPSA) is 66.5 Å². The second-order valence-corrected chi connectivity index (χ2v) is 7.96. The molecule has 0 atom stereocenters. The standard InChI is InChI=1S/C16H23FN2O3S/c1-2-23(21,22)19-11-8-14(9-12-19)16(20)18-10-7-13-5-3-4-6-15(13)17/h3-6,14H,2,7-12H2,1H3,(H,18,20). The number of nitrogens with one attached hydrogen (secondary N) is 1. The van der Waals surface area contributed by atoms with Crippen molar-refractivity contribution in [3.8, 4) is 0 Å². The summed E-state index contributed by atoms with van der Waals surface area (Å²) in [5.74, 6) is -0.416. The van der Waals surface area contributed by atoms with Crippen molar-refractivity contribution in [2.75, 3.05) is 25.4 Å². The minimum Gasteiger partial charge on any atom is -0.356 e. The van der Waals surface area contributed by atoms with Gasteiger partial charge < -0.3 is 5.32 Å². The fourth-order valence-corrected chi connectivity index (χ4v) is 3.88. The van der Waals surface area contributed by atoms with Crippen LogP contribution < -0.4 is 5.32 Å². The van der Waals surface area contributed by atoms with E-state index in [1.54, 1.807) is 25.1 Å². The molecule has 1 aromatic carbocycles. The third kappa shape index (κ3) is 4.75. The van der Waals surface area contributed by atoms with Crippen molar-refractivity contribution in [2.45, 2.75) is 26.2 Å². The highest BCUT2D eigenvalue weighted by Crippen LogP contribution is 2.20. The Hall–Kier alpha value is -1.47. The van der Waals surface area contributed by atoms with Gasteiger partial charge in [0.25, 0.3) is 0 Å². The van der Waals surface area contributed by atoms with Gasteiger partial charge in [-0.1, -0.05) is 18.2 Å². The first-order valence-electron chi connectivity index (χ1n) is 7.93. The van der Waals surface area contributed by atoms with Crippen molar-refractivity contribution in [3.63, 3.8) is 0 Å². The molecule has 0 unspecified atom stereocenters. The molecule has 1 aromatic rings. The van der Waals surface area contributed by atoms with E-state index in [0.29, 0.717) is 44.5 Å². The second kappa shape index (κ2) is 7.88. The zero-order valence-electron chi connectivity index (χ0n) is 13.3. The largest absolute Gasteiger partial charge is 0.356 e. The van der Waals surface area contributed by atoms with E-state index in [4.69, 9.17) is 0 Å².